The summed E-state index contributed by atoms with van der Waals surface area (Å²) in [5, 5.41) is 3.30. The second kappa shape index (κ2) is 6.35. The van der Waals surface area contributed by atoms with E-state index in [1.54, 1.807) is 18.2 Å². The van der Waals surface area contributed by atoms with Gasteiger partial charge >= 0.3 is 0 Å². The predicted molar refractivity (Wildman–Crippen MR) is 80.8 cm³/mol. The highest BCUT2D eigenvalue weighted by molar-refractivity contribution is 6.33. The minimum absolute atomic E-state index is 0.122. The molecule has 0 unspecified atom stereocenters. The Labute approximate surface area is 122 Å². The van der Waals surface area contributed by atoms with Crippen LogP contribution >= 0.6 is 11.6 Å². The van der Waals surface area contributed by atoms with Crippen molar-refractivity contribution in [3.05, 3.63) is 53.6 Å². The van der Waals surface area contributed by atoms with Crippen LogP contribution < -0.4 is 5.32 Å². The van der Waals surface area contributed by atoms with Crippen molar-refractivity contribution >= 4 is 29.0 Å². The fourth-order valence-electron chi connectivity index (χ4n) is 1.87. The van der Waals surface area contributed by atoms with E-state index in [0.717, 1.165) is 11.1 Å². The molecule has 1 N–H and O–H groups in total. The van der Waals surface area contributed by atoms with Crippen molar-refractivity contribution in [2.45, 2.75) is 13.3 Å². The maximum atomic E-state index is 11.6. The molecule has 0 atom stereocenters. The van der Waals surface area contributed by atoms with Gasteiger partial charge in [0.15, 0.2) is 0 Å². The highest BCUT2D eigenvalue weighted by atomic mass is 35.5. The fraction of sp³-hybridized carbons (Fsp3) is 0.125. The Balaban J connectivity index is 2.25. The SMILES string of the molecule is CC(=O)CC(=O)Nc1ccc(Cl)c(-c2ccccc2)c1. The lowest BCUT2D eigenvalue weighted by molar-refractivity contribution is -0.124. The van der Waals surface area contributed by atoms with Gasteiger partial charge < -0.3 is 5.32 Å². The minimum atomic E-state index is -0.321. The minimum Gasteiger partial charge on any atom is -0.326 e. The number of hydrogen-bond acceptors (Lipinski definition) is 2. The summed E-state index contributed by atoms with van der Waals surface area (Å²) in [4.78, 5) is 22.5. The number of ketones is 1. The number of rotatable bonds is 4. The third-order valence-electron chi connectivity index (χ3n) is 2.74. The van der Waals surface area contributed by atoms with Crippen LogP contribution in [0.5, 0.6) is 0 Å². The maximum Gasteiger partial charge on any atom is 0.231 e. The number of amides is 1. The van der Waals surface area contributed by atoms with Crippen molar-refractivity contribution in [3.8, 4) is 11.1 Å². The van der Waals surface area contributed by atoms with Crippen molar-refractivity contribution in [1.82, 2.24) is 0 Å². The molecule has 0 aromatic heterocycles. The summed E-state index contributed by atoms with van der Waals surface area (Å²) in [7, 11) is 0. The first-order valence-corrected chi connectivity index (χ1v) is 6.58. The summed E-state index contributed by atoms with van der Waals surface area (Å²) in [6, 6.07) is 14.9. The number of halogens is 1. The molecule has 20 heavy (non-hydrogen) atoms. The molecule has 0 radical (unpaired) electrons. The van der Waals surface area contributed by atoms with Gasteiger partial charge in [-0.1, -0.05) is 41.9 Å². The lowest BCUT2D eigenvalue weighted by Crippen LogP contribution is -2.14. The van der Waals surface area contributed by atoms with E-state index in [-0.39, 0.29) is 18.1 Å². The molecule has 0 saturated heterocycles. The zero-order valence-electron chi connectivity index (χ0n) is 11.0. The Morgan fingerprint density at radius 3 is 2.45 bits per heavy atom. The van der Waals surface area contributed by atoms with Gasteiger partial charge in [0.25, 0.3) is 0 Å². The van der Waals surface area contributed by atoms with E-state index in [0.29, 0.717) is 10.7 Å². The summed E-state index contributed by atoms with van der Waals surface area (Å²) in [5.41, 5.74) is 2.44. The molecule has 0 spiro atoms. The van der Waals surface area contributed by atoms with Crippen LogP contribution in [0.15, 0.2) is 48.5 Å². The molecule has 0 fully saturated rings. The van der Waals surface area contributed by atoms with Gasteiger partial charge in [-0.05, 0) is 30.7 Å². The van der Waals surface area contributed by atoms with Crippen LogP contribution in [0.4, 0.5) is 5.69 Å². The number of carbonyl (C=O) groups is 2. The summed E-state index contributed by atoms with van der Waals surface area (Å²) in [5.74, 6) is -0.487. The first kappa shape index (κ1) is 14.3. The highest BCUT2D eigenvalue weighted by Crippen LogP contribution is 2.30. The number of carbonyl (C=O) groups excluding carboxylic acids is 2. The van der Waals surface area contributed by atoms with E-state index < -0.39 is 0 Å². The molecular weight excluding hydrogens is 274 g/mol. The van der Waals surface area contributed by atoms with E-state index >= 15 is 0 Å². The summed E-state index contributed by atoms with van der Waals surface area (Å²) in [6.45, 7) is 1.39. The van der Waals surface area contributed by atoms with Crippen molar-refractivity contribution in [1.29, 1.82) is 0 Å². The quantitative estimate of drug-likeness (QED) is 0.866. The summed E-state index contributed by atoms with van der Waals surface area (Å²) in [6.07, 6.45) is -0.122. The molecule has 0 heterocycles. The summed E-state index contributed by atoms with van der Waals surface area (Å²) < 4.78 is 0. The number of nitrogens with one attached hydrogen (secondary N) is 1. The lowest BCUT2D eigenvalue weighted by atomic mass is 10.1. The monoisotopic (exact) mass is 287 g/mol. The molecular formula is C16H14ClNO2. The molecule has 0 bridgehead atoms. The number of benzene rings is 2. The van der Waals surface area contributed by atoms with Gasteiger partial charge in [0, 0.05) is 16.3 Å². The fourth-order valence-corrected chi connectivity index (χ4v) is 2.10. The average Bonchev–Trinajstić information content (AvgIpc) is 2.41. The van der Waals surface area contributed by atoms with Gasteiger partial charge in [0.05, 0.1) is 6.42 Å². The van der Waals surface area contributed by atoms with Gasteiger partial charge in [-0.3, -0.25) is 9.59 Å². The first-order valence-electron chi connectivity index (χ1n) is 6.20. The van der Waals surface area contributed by atoms with E-state index in [4.69, 9.17) is 11.6 Å². The first-order chi connectivity index (χ1) is 9.56. The van der Waals surface area contributed by atoms with E-state index in [1.807, 2.05) is 30.3 Å². The molecule has 2 aromatic rings. The standard InChI is InChI=1S/C16H14ClNO2/c1-11(19)9-16(20)18-13-7-8-15(17)14(10-13)12-5-3-2-4-6-12/h2-8,10H,9H2,1H3,(H,18,20). The molecule has 3 nitrogen and oxygen atoms in total. The second-order valence-electron chi connectivity index (χ2n) is 4.49. The molecule has 0 saturated carbocycles. The van der Waals surface area contributed by atoms with Crippen molar-refractivity contribution in [3.63, 3.8) is 0 Å². The Kier molecular flexibility index (Phi) is 4.53. The lowest BCUT2D eigenvalue weighted by Gasteiger charge is -2.09. The number of Topliss-reactive ketones (excluding diaryl/α,β-unsaturated/α-hetero) is 1. The molecule has 0 aliphatic carbocycles. The van der Waals surface area contributed by atoms with Crippen molar-refractivity contribution < 1.29 is 9.59 Å². The van der Waals surface area contributed by atoms with E-state index in [1.165, 1.54) is 6.92 Å². The van der Waals surface area contributed by atoms with Crippen LogP contribution in [0.25, 0.3) is 11.1 Å². The zero-order chi connectivity index (χ0) is 14.5. The number of anilines is 1. The van der Waals surface area contributed by atoms with Gasteiger partial charge in [-0.15, -0.1) is 0 Å². The largest absolute Gasteiger partial charge is 0.326 e. The van der Waals surface area contributed by atoms with Crippen LogP contribution in [0.1, 0.15) is 13.3 Å². The van der Waals surface area contributed by atoms with E-state index in [2.05, 4.69) is 5.32 Å². The molecule has 102 valence electrons. The van der Waals surface area contributed by atoms with Crippen LogP contribution in [-0.4, -0.2) is 11.7 Å². The molecule has 0 aliphatic rings. The van der Waals surface area contributed by atoms with Gasteiger partial charge in [0.1, 0.15) is 5.78 Å². The Hall–Kier alpha value is -2.13. The second-order valence-corrected chi connectivity index (χ2v) is 4.89. The third-order valence-corrected chi connectivity index (χ3v) is 3.07. The summed E-state index contributed by atoms with van der Waals surface area (Å²) >= 11 is 6.18. The Morgan fingerprint density at radius 1 is 1.10 bits per heavy atom. The molecule has 2 aromatic carbocycles. The van der Waals surface area contributed by atoms with Crippen LogP contribution in [-0.2, 0) is 9.59 Å². The molecule has 2 rings (SSSR count). The Morgan fingerprint density at radius 2 is 1.80 bits per heavy atom. The zero-order valence-corrected chi connectivity index (χ0v) is 11.8. The highest BCUT2D eigenvalue weighted by Gasteiger charge is 2.08. The molecule has 0 aliphatic heterocycles. The Bertz CT molecular complexity index is 638. The maximum absolute atomic E-state index is 11.6. The average molecular weight is 288 g/mol. The van der Waals surface area contributed by atoms with Crippen molar-refractivity contribution in [2.24, 2.45) is 0 Å². The third kappa shape index (κ3) is 3.68. The predicted octanol–water partition coefficient (Wildman–Crippen LogP) is 3.92. The topological polar surface area (TPSA) is 46.2 Å². The smallest absolute Gasteiger partial charge is 0.231 e. The van der Waals surface area contributed by atoms with Gasteiger partial charge in [-0.2, -0.15) is 0 Å². The normalized spacial score (nSPS) is 10.1. The van der Waals surface area contributed by atoms with Crippen LogP contribution in [0.3, 0.4) is 0 Å². The number of hydrogen-bond donors (Lipinski definition) is 1. The molecule has 1 amide bonds. The van der Waals surface area contributed by atoms with Crippen LogP contribution in [0, 0.1) is 0 Å². The van der Waals surface area contributed by atoms with Crippen LogP contribution in [0.2, 0.25) is 5.02 Å². The van der Waals surface area contributed by atoms with Gasteiger partial charge in [-0.25, -0.2) is 0 Å². The van der Waals surface area contributed by atoms with Gasteiger partial charge in [0.2, 0.25) is 5.91 Å². The van der Waals surface area contributed by atoms with Crippen molar-refractivity contribution in [2.75, 3.05) is 5.32 Å². The molecule has 4 heteroatoms. The van der Waals surface area contributed by atoms with E-state index in [9.17, 15) is 9.59 Å².